The minimum absolute atomic E-state index is 0. The topological polar surface area (TPSA) is 63.1 Å². The van der Waals surface area contributed by atoms with Crippen molar-refractivity contribution < 1.29 is 9.13 Å². The number of ether oxygens (including phenoxy) is 1. The van der Waals surface area contributed by atoms with E-state index in [1.807, 2.05) is 12.1 Å². The van der Waals surface area contributed by atoms with Gasteiger partial charge in [-0.1, -0.05) is 6.07 Å². The van der Waals surface area contributed by atoms with Crippen LogP contribution in [-0.4, -0.2) is 32.0 Å². The predicted octanol–water partition coefficient (Wildman–Crippen LogP) is 4.37. The maximum atomic E-state index is 13.0. The van der Waals surface area contributed by atoms with Gasteiger partial charge in [0, 0.05) is 47.9 Å². The highest BCUT2D eigenvalue weighted by Crippen LogP contribution is 2.34. The lowest BCUT2D eigenvalue weighted by molar-refractivity contribution is 0.227. The Labute approximate surface area is 196 Å². The second-order valence-corrected chi connectivity index (χ2v) is 8.61. The smallest absolute Gasteiger partial charge is 0.258 e. The number of nitrogens with zero attached hydrogens (tertiary/aromatic N) is 3. The molecule has 4 aromatic rings. The van der Waals surface area contributed by atoms with Crippen LogP contribution >= 0.6 is 12.4 Å². The number of aromatic nitrogens is 3. The number of rotatable bonds is 4. The number of H-pyrrole nitrogens is 1. The Kier molecular flexibility index (Phi) is 5.68. The minimum Gasteiger partial charge on any atom is -0.487 e. The zero-order chi connectivity index (χ0) is 21.7. The van der Waals surface area contributed by atoms with Gasteiger partial charge in [-0.05, 0) is 55.3 Å². The van der Waals surface area contributed by atoms with Gasteiger partial charge < -0.3 is 9.72 Å². The zero-order valence-corrected chi connectivity index (χ0v) is 18.8. The van der Waals surface area contributed by atoms with Crippen LogP contribution in [-0.2, 0) is 19.6 Å². The summed E-state index contributed by atoms with van der Waals surface area (Å²) in [6.45, 7) is 2.37. The van der Waals surface area contributed by atoms with E-state index in [9.17, 15) is 9.18 Å². The second kappa shape index (κ2) is 8.65. The first-order valence-corrected chi connectivity index (χ1v) is 11.0. The van der Waals surface area contributed by atoms with Crippen molar-refractivity contribution in [1.29, 1.82) is 0 Å². The molecule has 0 saturated carbocycles. The van der Waals surface area contributed by atoms with Gasteiger partial charge >= 0.3 is 0 Å². The first-order chi connectivity index (χ1) is 15.6. The third kappa shape index (κ3) is 4.03. The molecule has 2 aliphatic heterocycles. The summed E-state index contributed by atoms with van der Waals surface area (Å²) in [5, 5.41) is 1.24. The van der Waals surface area contributed by atoms with Crippen LogP contribution in [0.5, 0.6) is 5.75 Å². The van der Waals surface area contributed by atoms with E-state index in [0.717, 1.165) is 30.4 Å². The van der Waals surface area contributed by atoms with Crippen molar-refractivity contribution in [1.82, 2.24) is 19.4 Å². The maximum Gasteiger partial charge on any atom is 0.258 e. The van der Waals surface area contributed by atoms with Crippen LogP contribution < -0.4 is 10.3 Å². The fraction of sp³-hybridized carbons (Fsp3) is 0.280. The Hall–Kier alpha value is -3.16. The molecule has 1 atom stereocenters. The Morgan fingerprint density at radius 2 is 2.09 bits per heavy atom. The Bertz CT molecular complexity index is 1370. The van der Waals surface area contributed by atoms with E-state index < -0.39 is 5.82 Å². The van der Waals surface area contributed by atoms with Crippen LogP contribution in [0.15, 0.2) is 59.7 Å². The summed E-state index contributed by atoms with van der Waals surface area (Å²) < 4.78 is 20.2. The van der Waals surface area contributed by atoms with Crippen molar-refractivity contribution in [2.24, 2.45) is 0 Å². The van der Waals surface area contributed by atoms with Crippen molar-refractivity contribution >= 4 is 23.3 Å². The molecule has 3 aromatic heterocycles. The fourth-order valence-corrected chi connectivity index (χ4v) is 4.99. The molecule has 8 heteroatoms. The summed E-state index contributed by atoms with van der Waals surface area (Å²) >= 11 is 0. The first kappa shape index (κ1) is 21.7. The van der Waals surface area contributed by atoms with Crippen LogP contribution in [0, 0.1) is 5.82 Å². The van der Waals surface area contributed by atoms with Crippen molar-refractivity contribution in [2.45, 2.75) is 38.5 Å². The number of hydrogen-bond acceptors (Lipinski definition) is 4. The normalized spacial score (nSPS) is 17.4. The maximum absolute atomic E-state index is 13.0. The molecule has 170 valence electrons. The van der Waals surface area contributed by atoms with Crippen molar-refractivity contribution in [3.05, 3.63) is 88.0 Å². The van der Waals surface area contributed by atoms with Crippen molar-refractivity contribution in [2.75, 3.05) is 6.54 Å². The van der Waals surface area contributed by atoms with E-state index >= 15 is 0 Å². The van der Waals surface area contributed by atoms with Crippen LogP contribution in [0.4, 0.5) is 4.39 Å². The van der Waals surface area contributed by atoms with E-state index in [2.05, 4.69) is 20.9 Å². The van der Waals surface area contributed by atoms with Crippen LogP contribution in [0.1, 0.15) is 29.8 Å². The highest BCUT2D eigenvalue weighted by atomic mass is 35.5. The van der Waals surface area contributed by atoms with Gasteiger partial charge in [0.2, 0.25) is 0 Å². The van der Waals surface area contributed by atoms with Gasteiger partial charge in [0.15, 0.2) is 0 Å². The van der Waals surface area contributed by atoms with Gasteiger partial charge in [-0.25, -0.2) is 4.39 Å². The summed E-state index contributed by atoms with van der Waals surface area (Å²) in [6, 6.07) is 12.9. The molecule has 1 unspecified atom stereocenters. The standard InChI is InChI=1S/C25H23FN4O2.ClH/c26-16-3-4-17(27-13-16)15-32-20-7-9-30(25(31)12-20)19-5-6-21-22-14-29-8-1-2-18(29)10-24(22)28-23(21)11-19;/h3-7,9,11-13,18,28H,1-2,8,10,14-15H2;1H. The van der Waals surface area contributed by atoms with Crippen LogP contribution in [0.3, 0.4) is 0 Å². The molecular weight excluding hydrogens is 443 g/mol. The molecule has 0 spiro atoms. The average molecular weight is 467 g/mol. The van der Waals surface area contributed by atoms with Crippen LogP contribution in [0.25, 0.3) is 16.6 Å². The number of fused-ring (bicyclic) bond motifs is 4. The molecule has 0 bridgehead atoms. The summed E-state index contributed by atoms with van der Waals surface area (Å²) in [4.78, 5) is 22.9. The molecule has 6 rings (SSSR count). The number of halogens is 2. The summed E-state index contributed by atoms with van der Waals surface area (Å²) in [5.41, 5.74) is 5.04. The third-order valence-corrected chi connectivity index (χ3v) is 6.62. The van der Waals surface area contributed by atoms with Crippen LogP contribution in [0.2, 0.25) is 0 Å². The highest BCUT2D eigenvalue weighted by molar-refractivity contribution is 5.86. The van der Waals surface area contributed by atoms with Gasteiger partial charge in [-0.3, -0.25) is 19.2 Å². The SMILES string of the molecule is Cl.O=c1cc(OCc2ccc(F)cn2)ccn1-c1ccc2c3c([nH]c2c1)CC1CCCN1C3. The number of hydrogen-bond donors (Lipinski definition) is 1. The van der Waals surface area contributed by atoms with E-state index in [-0.39, 0.29) is 24.6 Å². The number of nitrogens with one attached hydrogen (secondary N) is 1. The van der Waals surface area contributed by atoms with E-state index in [1.54, 1.807) is 22.9 Å². The summed E-state index contributed by atoms with van der Waals surface area (Å²) in [6.07, 6.45) is 6.51. The van der Waals surface area contributed by atoms with Gasteiger partial charge in [0.25, 0.3) is 5.56 Å². The molecule has 1 aromatic carbocycles. The van der Waals surface area contributed by atoms with Gasteiger partial charge in [0.05, 0.1) is 17.6 Å². The first-order valence-electron chi connectivity index (χ1n) is 11.0. The van der Waals surface area contributed by atoms with E-state index in [4.69, 9.17) is 4.74 Å². The Morgan fingerprint density at radius 3 is 2.91 bits per heavy atom. The molecular formula is C25H24ClFN4O2. The fourth-order valence-electron chi connectivity index (χ4n) is 4.99. The molecule has 0 amide bonds. The number of aromatic amines is 1. The predicted molar refractivity (Wildman–Crippen MR) is 127 cm³/mol. The van der Waals surface area contributed by atoms with Gasteiger partial charge in [-0.15, -0.1) is 12.4 Å². The minimum atomic E-state index is -0.392. The molecule has 1 fully saturated rings. The second-order valence-electron chi connectivity index (χ2n) is 8.61. The van der Waals surface area contributed by atoms with Gasteiger partial charge in [0.1, 0.15) is 18.2 Å². The molecule has 5 heterocycles. The summed E-state index contributed by atoms with van der Waals surface area (Å²) in [5.74, 6) is 0.0611. The monoisotopic (exact) mass is 466 g/mol. The highest BCUT2D eigenvalue weighted by Gasteiger charge is 2.31. The molecule has 6 nitrogen and oxygen atoms in total. The lowest BCUT2D eigenvalue weighted by Gasteiger charge is -2.29. The van der Waals surface area contributed by atoms with Gasteiger partial charge in [-0.2, -0.15) is 0 Å². The Morgan fingerprint density at radius 1 is 1.18 bits per heavy atom. The zero-order valence-electron chi connectivity index (χ0n) is 18.0. The molecule has 1 N–H and O–H groups in total. The molecule has 0 radical (unpaired) electrons. The quantitative estimate of drug-likeness (QED) is 0.485. The van der Waals surface area contributed by atoms with E-state index in [0.29, 0.717) is 17.5 Å². The largest absolute Gasteiger partial charge is 0.487 e. The lowest BCUT2D eigenvalue weighted by Crippen LogP contribution is -2.34. The molecule has 1 saturated heterocycles. The van der Waals surface area contributed by atoms with Crippen molar-refractivity contribution in [3.8, 4) is 11.4 Å². The third-order valence-electron chi connectivity index (χ3n) is 6.62. The summed E-state index contributed by atoms with van der Waals surface area (Å²) in [7, 11) is 0. The molecule has 33 heavy (non-hydrogen) atoms. The average Bonchev–Trinajstić information content (AvgIpc) is 3.40. The van der Waals surface area contributed by atoms with Crippen molar-refractivity contribution in [3.63, 3.8) is 0 Å². The molecule has 0 aliphatic carbocycles. The Balaban J connectivity index is 0.00000228. The number of benzene rings is 1. The molecule has 2 aliphatic rings. The lowest BCUT2D eigenvalue weighted by atomic mass is 9.99. The number of pyridine rings is 2. The van der Waals surface area contributed by atoms with E-state index in [1.165, 1.54) is 48.2 Å².